The molecule has 14 heavy (non-hydrogen) atoms. The second-order valence-corrected chi connectivity index (χ2v) is 3.12. The lowest BCUT2D eigenvalue weighted by molar-refractivity contribution is 0.468. The number of aromatic amines is 1. The highest BCUT2D eigenvalue weighted by atomic mass is 19.1. The van der Waals surface area contributed by atoms with E-state index in [9.17, 15) is 9.18 Å². The summed E-state index contributed by atoms with van der Waals surface area (Å²) < 4.78 is 13.1. The van der Waals surface area contributed by atoms with Crippen LogP contribution >= 0.6 is 0 Å². The number of aromatic nitrogens is 1. The minimum absolute atomic E-state index is 0.358. The normalized spacial score (nSPS) is 10.7. The first-order valence-corrected chi connectivity index (χ1v) is 4.10. The number of aryl methyl sites for hydroxylation is 1. The van der Waals surface area contributed by atoms with Gasteiger partial charge in [0.2, 0.25) is 0 Å². The van der Waals surface area contributed by atoms with Crippen LogP contribution < -0.4 is 5.56 Å². The number of rotatable bonds is 0. The fourth-order valence-electron chi connectivity index (χ4n) is 1.38. The van der Waals surface area contributed by atoms with Gasteiger partial charge in [-0.25, -0.2) is 4.39 Å². The van der Waals surface area contributed by atoms with E-state index in [4.69, 9.17) is 5.11 Å². The van der Waals surface area contributed by atoms with Gasteiger partial charge in [0.25, 0.3) is 5.56 Å². The molecule has 0 saturated carbocycles. The van der Waals surface area contributed by atoms with Crippen molar-refractivity contribution in [3.8, 4) is 5.75 Å². The average molecular weight is 193 g/mol. The van der Waals surface area contributed by atoms with E-state index in [2.05, 4.69) is 4.98 Å². The highest BCUT2D eigenvalue weighted by Gasteiger charge is 2.06. The first kappa shape index (κ1) is 8.74. The van der Waals surface area contributed by atoms with Crippen LogP contribution in [0.3, 0.4) is 0 Å². The van der Waals surface area contributed by atoms with Crippen LogP contribution in [0.15, 0.2) is 23.0 Å². The molecule has 0 fully saturated rings. The van der Waals surface area contributed by atoms with Crippen LogP contribution in [0.2, 0.25) is 0 Å². The van der Waals surface area contributed by atoms with Crippen molar-refractivity contribution in [1.29, 1.82) is 0 Å². The molecule has 72 valence electrons. The molecule has 2 N–H and O–H groups in total. The summed E-state index contributed by atoms with van der Waals surface area (Å²) in [5.41, 5.74) is 0.193. The van der Waals surface area contributed by atoms with Gasteiger partial charge in [-0.2, -0.15) is 0 Å². The van der Waals surface area contributed by atoms with Gasteiger partial charge < -0.3 is 10.1 Å². The van der Waals surface area contributed by atoms with Crippen LogP contribution in [0.1, 0.15) is 5.56 Å². The van der Waals surface area contributed by atoms with Gasteiger partial charge in [0, 0.05) is 10.9 Å². The Morgan fingerprint density at radius 3 is 2.86 bits per heavy atom. The molecule has 0 atom stereocenters. The van der Waals surface area contributed by atoms with E-state index in [0.717, 1.165) is 0 Å². The third kappa shape index (κ3) is 1.16. The molecule has 0 spiro atoms. The van der Waals surface area contributed by atoms with Crippen molar-refractivity contribution in [2.75, 3.05) is 0 Å². The van der Waals surface area contributed by atoms with Crippen LogP contribution in [0.4, 0.5) is 4.39 Å². The van der Waals surface area contributed by atoms with Crippen LogP contribution in [-0.2, 0) is 0 Å². The topological polar surface area (TPSA) is 53.1 Å². The number of hydrogen-bond donors (Lipinski definition) is 2. The summed E-state index contributed by atoms with van der Waals surface area (Å²) in [6.07, 6.45) is 0. The number of hydrogen-bond acceptors (Lipinski definition) is 2. The summed E-state index contributed by atoms with van der Waals surface area (Å²) in [7, 11) is 0. The molecule has 0 amide bonds. The SMILES string of the molecule is Cc1c(F)ccc2cc(O)c(=O)[nH]c12. The average Bonchev–Trinajstić information content (AvgIpc) is 2.15. The molecule has 0 bridgehead atoms. The number of aromatic hydroxyl groups is 1. The van der Waals surface area contributed by atoms with Crippen molar-refractivity contribution in [1.82, 2.24) is 4.98 Å². The molecule has 1 heterocycles. The van der Waals surface area contributed by atoms with Gasteiger partial charge in [-0.1, -0.05) is 0 Å². The lowest BCUT2D eigenvalue weighted by Crippen LogP contribution is -2.05. The molecule has 0 aliphatic heterocycles. The van der Waals surface area contributed by atoms with Crippen molar-refractivity contribution in [3.05, 3.63) is 39.9 Å². The molecule has 3 nitrogen and oxygen atoms in total. The number of fused-ring (bicyclic) bond motifs is 1. The maximum atomic E-state index is 13.1. The van der Waals surface area contributed by atoms with Gasteiger partial charge in [0.05, 0.1) is 5.52 Å². The molecule has 2 aromatic rings. The van der Waals surface area contributed by atoms with Crippen molar-refractivity contribution < 1.29 is 9.50 Å². The second kappa shape index (κ2) is 2.83. The lowest BCUT2D eigenvalue weighted by atomic mass is 10.1. The highest BCUT2D eigenvalue weighted by molar-refractivity contribution is 5.82. The lowest BCUT2D eigenvalue weighted by Gasteiger charge is -2.02. The van der Waals surface area contributed by atoms with E-state index in [0.29, 0.717) is 16.5 Å². The van der Waals surface area contributed by atoms with Gasteiger partial charge in [0.1, 0.15) is 5.82 Å². The zero-order valence-corrected chi connectivity index (χ0v) is 7.47. The van der Waals surface area contributed by atoms with Gasteiger partial charge in [0.15, 0.2) is 5.75 Å². The van der Waals surface area contributed by atoms with E-state index < -0.39 is 5.56 Å². The first-order chi connectivity index (χ1) is 6.59. The Hall–Kier alpha value is -1.84. The molecular formula is C10H8FNO2. The van der Waals surface area contributed by atoms with E-state index in [-0.39, 0.29) is 11.6 Å². The smallest absolute Gasteiger partial charge is 0.290 e. The Morgan fingerprint density at radius 1 is 1.43 bits per heavy atom. The highest BCUT2D eigenvalue weighted by Crippen LogP contribution is 2.19. The molecule has 0 radical (unpaired) electrons. The Bertz CT molecular complexity index is 560. The Labute approximate surface area is 78.8 Å². The van der Waals surface area contributed by atoms with Crippen LogP contribution in [-0.4, -0.2) is 10.1 Å². The van der Waals surface area contributed by atoms with Crippen molar-refractivity contribution in [2.45, 2.75) is 6.92 Å². The molecule has 0 aliphatic rings. The van der Waals surface area contributed by atoms with E-state index in [1.807, 2.05) is 0 Å². The number of halogens is 1. The molecule has 4 heteroatoms. The van der Waals surface area contributed by atoms with Gasteiger partial charge in [-0.05, 0) is 25.1 Å². The monoisotopic (exact) mass is 193 g/mol. The van der Waals surface area contributed by atoms with Crippen LogP contribution in [0, 0.1) is 12.7 Å². The minimum Gasteiger partial charge on any atom is -0.503 e. The number of H-pyrrole nitrogens is 1. The molecule has 1 aromatic carbocycles. The predicted octanol–water partition coefficient (Wildman–Crippen LogP) is 1.68. The molecule has 0 saturated heterocycles. The van der Waals surface area contributed by atoms with Gasteiger partial charge >= 0.3 is 0 Å². The standard InChI is InChI=1S/C10H8FNO2/c1-5-7(11)3-2-6-4-8(13)10(14)12-9(5)6/h2-4,13H,1H3,(H,12,14). The summed E-state index contributed by atoms with van der Waals surface area (Å²) >= 11 is 0. The number of benzene rings is 1. The largest absolute Gasteiger partial charge is 0.503 e. The summed E-state index contributed by atoms with van der Waals surface area (Å²) in [4.78, 5) is 13.5. The quantitative estimate of drug-likeness (QED) is 0.668. The molecule has 1 aromatic heterocycles. The number of nitrogens with one attached hydrogen (secondary N) is 1. The van der Waals surface area contributed by atoms with E-state index >= 15 is 0 Å². The molecule has 0 unspecified atom stereocenters. The number of pyridine rings is 1. The van der Waals surface area contributed by atoms with Crippen molar-refractivity contribution in [2.24, 2.45) is 0 Å². The molecular weight excluding hydrogens is 185 g/mol. The Morgan fingerprint density at radius 2 is 2.14 bits per heavy atom. The summed E-state index contributed by atoms with van der Waals surface area (Å²) in [6, 6.07) is 4.13. The summed E-state index contributed by atoms with van der Waals surface area (Å²) in [6.45, 7) is 1.57. The minimum atomic E-state index is -0.605. The van der Waals surface area contributed by atoms with Gasteiger partial charge in [-0.3, -0.25) is 4.79 Å². The van der Waals surface area contributed by atoms with Crippen molar-refractivity contribution in [3.63, 3.8) is 0 Å². The fourth-order valence-corrected chi connectivity index (χ4v) is 1.38. The third-order valence-electron chi connectivity index (χ3n) is 2.19. The zero-order chi connectivity index (χ0) is 10.3. The Kier molecular flexibility index (Phi) is 1.77. The van der Waals surface area contributed by atoms with Crippen LogP contribution in [0.25, 0.3) is 10.9 Å². The summed E-state index contributed by atoms with van der Waals surface area (Å²) in [5, 5.41) is 9.75. The fraction of sp³-hybridized carbons (Fsp3) is 0.100. The first-order valence-electron chi connectivity index (χ1n) is 4.10. The van der Waals surface area contributed by atoms with Gasteiger partial charge in [-0.15, -0.1) is 0 Å². The maximum Gasteiger partial charge on any atom is 0.290 e. The predicted molar refractivity (Wildman–Crippen MR) is 50.9 cm³/mol. The van der Waals surface area contributed by atoms with Crippen LogP contribution in [0.5, 0.6) is 5.75 Å². The van der Waals surface area contributed by atoms with E-state index in [1.165, 1.54) is 18.2 Å². The molecule has 0 aliphatic carbocycles. The maximum absolute atomic E-state index is 13.1. The van der Waals surface area contributed by atoms with Crippen molar-refractivity contribution >= 4 is 10.9 Å². The third-order valence-corrected chi connectivity index (χ3v) is 2.19. The molecule has 2 rings (SSSR count). The summed E-state index contributed by atoms with van der Waals surface area (Å²) in [5.74, 6) is -0.734. The zero-order valence-electron chi connectivity index (χ0n) is 7.47. The van der Waals surface area contributed by atoms with E-state index in [1.54, 1.807) is 6.92 Å². The Balaban J connectivity index is 2.97. The second-order valence-electron chi connectivity index (χ2n) is 3.12.